The molecule has 4 heterocycles. The molecule has 0 fully saturated rings. The predicted octanol–water partition coefficient (Wildman–Crippen LogP) is 4.41. The minimum absolute atomic E-state index is 0.168. The van der Waals surface area contributed by atoms with Crippen LogP contribution in [0.15, 0.2) is 42.6 Å². The number of ether oxygens (including phenoxy) is 1. The van der Waals surface area contributed by atoms with Gasteiger partial charge in [-0.25, -0.2) is 18.2 Å². The predicted molar refractivity (Wildman–Crippen MR) is 116 cm³/mol. The van der Waals surface area contributed by atoms with Crippen molar-refractivity contribution >= 4 is 12.2 Å². The van der Waals surface area contributed by atoms with E-state index in [-0.39, 0.29) is 18.1 Å². The summed E-state index contributed by atoms with van der Waals surface area (Å²) in [5.41, 5.74) is 0.404. The van der Waals surface area contributed by atoms with Gasteiger partial charge in [0.1, 0.15) is 23.9 Å². The number of benzene rings is 1. The van der Waals surface area contributed by atoms with Crippen LogP contribution in [0.3, 0.4) is 0 Å². The second kappa shape index (κ2) is 7.87. The Balaban J connectivity index is 1.71. The number of halogens is 2. The number of nitriles is 1. The summed E-state index contributed by atoms with van der Waals surface area (Å²) in [6.07, 6.45) is 9.47. The molecule has 0 bridgehead atoms. The standard InChI is InChI=1S/C26H25F2N3O2/c1-3-26(4-2)17-13-18(27)16(15-29)24(28)23(17)19-9-5-7-11-30(19)21(26)14-22-31-12-8-6-10-20(31)25(32)33-22/h5-8,10-13,19,21-22H,3-4,9,14H2,1-2H3/q+2. The Morgan fingerprint density at radius 3 is 2.79 bits per heavy atom. The summed E-state index contributed by atoms with van der Waals surface area (Å²) in [7, 11) is 0. The van der Waals surface area contributed by atoms with Crippen LogP contribution in [-0.2, 0) is 10.2 Å². The van der Waals surface area contributed by atoms with Crippen molar-refractivity contribution in [3.8, 4) is 6.07 Å². The van der Waals surface area contributed by atoms with Crippen molar-refractivity contribution < 1.29 is 27.5 Å². The molecule has 0 saturated carbocycles. The van der Waals surface area contributed by atoms with Crippen molar-refractivity contribution in [2.45, 2.75) is 63.3 Å². The maximum absolute atomic E-state index is 15.6. The number of fused-ring (bicyclic) bond motifs is 4. The molecule has 0 saturated heterocycles. The molecule has 1 aromatic carbocycles. The van der Waals surface area contributed by atoms with Crippen LogP contribution in [0.1, 0.15) is 79.0 Å². The minimum Gasteiger partial charge on any atom is -0.394 e. The van der Waals surface area contributed by atoms with Gasteiger partial charge in [0.2, 0.25) is 0 Å². The van der Waals surface area contributed by atoms with Crippen molar-refractivity contribution in [2.24, 2.45) is 0 Å². The van der Waals surface area contributed by atoms with E-state index in [4.69, 9.17) is 4.74 Å². The summed E-state index contributed by atoms with van der Waals surface area (Å²) in [5, 5.41) is 9.38. The number of pyridine rings is 1. The van der Waals surface area contributed by atoms with Gasteiger partial charge in [0.15, 0.2) is 30.3 Å². The summed E-state index contributed by atoms with van der Waals surface area (Å²) >= 11 is 0. The molecule has 5 nitrogen and oxygen atoms in total. The first kappa shape index (κ1) is 21.4. The highest BCUT2D eigenvalue weighted by Crippen LogP contribution is 2.51. The minimum atomic E-state index is -0.824. The van der Waals surface area contributed by atoms with E-state index in [2.05, 4.69) is 4.58 Å². The molecule has 3 unspecified atom stereocenters. The molecular formula is C26H25F2N3O2+2. The maximum Gasteiger partial charge on any atom is 0.408 e. The lowest BCUT2D eigenvalue weighted by Gasteiger charge is -2.45. The fraction of sp³-hybridized carbons (Fsp3) is 0.385. The number of allylic oxidation sites excluding steroid dienone is 1. The molecule has 0 amide bonds. The van der Waals surface area contributed by atoms with E-state index in [9.17, 15) is 14.4 Å². The normalized spacial score (nSPS) is 24.3. The first-order valence-corrected chi connectivity index (χ1v) is 11.4. The van der Waals surface area contributed by atoms with Gasteiger partial charge in [0, 0.05) is 18.6 Å². The zero-order valence-electron chi connectivity index (χ0n) is 18.6. The Hall–Kier alpha value is -3.40. The number of cyclic esters (lactones) is 1. The lowest BCUT2D eigenvalue weighted by Crippen LogP contribution is -2.55. The largest absolute Gasteiger partial charge is 0.408 e. The average Bonchev–Trinajstić information content (AvgIpc) is 3.15. The Morgan fingerprint density at radius 1 is 1.27 bits per heavy atom. The van der Waals surface area contributed by atoms with E-state index in [0.717, 1.165) is 0 Å². The second-order valence-corrected chi connectivity index (χ2v) is 8.86. The molecule has 3 atom stereocenters. The quantitative estimate of drug-likeness (QED) is 0.513. The smallest absolute Gasteiger partial charge is 0.394 e. The summed E-state index contributed by atoms with van der Waals surface area (Å²) in [6, 6.07) is 7.93. The number of rotatable bonds is 4. The number of carbonyl (C=O) groups is 1. The molecule has 33 heavy (non-hydrogen) atoms. The summed E-state index contributed by atoms with van der Waals surface area (Å²) in [5.74, 6) is -1.96. The van der Waals surface area contributed by atoms with E-state index < -0.39 is 28.8 Å². The molecular weight excluding hydrogens is 424 g/mol. The molecule has 2 aromatic rings. The SMILES string of the molecule is CCC1(CC)c2cc(F)c(C#N)c(F)c2C2CC=CC=[N+]2C1CC1OC(=O)c2cccc[n+]21. The summed E-state index contributed by atoms with van der Waals surface area (Å²) in [4.78, 5) is 12.5. The Morgan fingerprint density at radius 2 is 2.06 bits per heavy atom. The summed E-state index contributed by atoms with van der Waals surface area (Å²) in [6.45, 7) is 4.05. The molecule has 3 aliphatic heterocycles. The second-order valence-electron chi connectivity index (χ2n) is 8.86. The van der Waals surface area contributed by atoms with Crippen molar-refractivity contribution in [1.29, 1.82) is 5.26 Å². The molecule has 0 radical (unpaired) electrons. The van der Waals surface area contributed by atoms with Crippen LogP contribution in [0.2, 0.25) is 0 Å². The summed E-state index contributed by atoms with van der Waals surface area (Å²) < 4.78 is 40.2. The number of aromatic nitrogens is 1. The van der Waals surface area contributed by atoms with Gasteiger partial charge in [-0.3, -0.25) is 0 Å². The van der Waals surface area contributed by atoms with E-state index in [1.807, 2.05) is 49.0 Å². The lowest BCUT2D eigenvalue weighted by atomic mass is 9.63. The van der Waals surface area contributed by atoms with Crippen LogP contribution in [0, 0.1) is 23.0 Å². The molecule has 3 aliphatic rings. The van der Waals surface area contributed by atoms with Gasteiger partial charge in [0.25, 0.3) is 5.69 Å². The van der Waals surface area contributed by atoms with Crippen LogP contribution >= 0.6 is 0 Å². The van der Waals surface area contributed by atoms with Crippen LogP contribution in [-0.4, -0.2) is 22.8 Å². The molecule has 0 spiro atoms. The molecule has 168 valence electrons. The lowest BCUT2D eigenvalue weighted by molar-refractivity contribution is -0.752. The highest BCUT2D eigenvalue weighted by Gasteiger charge is 2.57. The van der Waals surface area contributed by atoms with E-state index in [1.54, 1.807) is 18.2 Å². The number of carbonyl (C=O) groups excluding carboxylic acids is 1. The Bertz CT molecular complexity index is 1260. The van der Waals surface area contributed by atoms with Crippen molar-refractivity contribution in [1.82, 2.24) is 0 Å². The van der Waals surface area contributed by atoms with Gasteiger partial charge in [-0.2, -0.15) is 9.83 Å². The monoisotopic (exact) mass is 449 g/mol. The maximum atomic E-state index is 15.6. The zero-order valence-corrected chi connectivity index (χ0v) is 18.6. The van der Waals surface area contributed by atoms with Gasteiger partial charge in [-0.15, -0.1) is 0 Å². The van der Waals surface area contributed by atoms with Crippen molar-refractivity contribution in [3.63, 3.8) is 0 Å². The molecule has 5 rings (SSSR count). The van der Waals surface area contributed by atoms with Gasteiger partial charge >= 0.3 is 12.2 Å². The molecule has 7 heteroatoms. The number of nitrogens with zero attached hydrogens (tertiary/aromatic N) is 3. The number of hydrogen-bond acceptors (Lipinski definition) is 3. The van der Waals surface area contributed by atoms with Gasteiger partial charge < -0.3 is 4.74 Å². The van der Waals surface area contributed by atoms with Crippen LogP contribution in [0.5, 0.6) is 0 Å². The molecule has 1 aromatic heterocycles. The zero-order chi connectivity index (χ0) is 23.3. The first-order valence-electron chi connectivity index (χ1n) is 11.4. The van der Waals surface area contributed by atoms with E-state index in [1.165, 1.54) is 6.07 Å². The van der Waals surface area contributed by atoms with E-state index in [0.29, 0.717) is 42.5 Å². The first-order chi connectivity index (χ1) is 16.0. The van der Waals surface area contributed by atoms with E-state index >= 15 is 4.39 Å². The fourth-order valence-electron chi connectivity index (χ4n) is 6.04. The Kier molecular flexibility index (Phi) is 5.12. The highest BCUT2D eigenvalue weighted by molar-refractivity contribution is 5.86. The van der Waals surface area contributed by atoms with Gasteiger partial charge in [-0.05, 0) is 36.6 Å². The van der Waals surface area contributed by atoms with Crippen LogP contribution < -0.4 is 4.57 Å². The van der Waals surface area contributed by atoms with Crippen LogP contribution in [0.25, 0.3) is 0 Å². The molecule has 0 aliphatic carbocycles. The highest BCUT2D eigenvalue weighted by atomic mass is 19.1. The van der Waals surface area contributed by atoms with Gasteiger partial charge in [0.05, 0.1) is 11.0 Å². The third-order valence-electron chi connectivity index (χ3n) is 7.69. The number of esters is 1. The Labute approximate surface area is 191 Å². The van der Waals surface area contributed by atoms with Crippen molar-refractivity contribution in [2.75, 3.05) is 0 Å². The third kappa shape index (κ3) is 2.97. The molecule has 0 N–H and O–H groups in total. The number of hydrogen-bond donors (Lipinski definition) is 0. The topological polar surface area (TPSA) is 57.0 Å². The third-order valence-corrected chi connectivity index (χ3v) is 7.69. The van der Waals surface area contributed by atoms with Crippen molar-refractivity contribution in [3.05, 3.63) is 76.6 Å². The average molecular weight is 450 g/mol. The van der Waals surface area contributed by atoms with Gasteiger partial charge in [-0.1, -0.05) is 19.9 Å². The fourth-order valence-corrected chi connectivity index (χ4v) is 6.04. The van der Waals surface area contributed by atoms with Crippen LogP contribution in [0.4, 0.5) is 8.78 Å².